The number of nitriles is 1. The van der Waals surface area contributed by atoms with E-state index in [-0.39, 0.29) is 0 Å². The maximum atomic E-state index is 8.63. The van der Waals surface area contributed by atoms with Crippen molar-refractivity contribution in [1.29, 1.82) is 5.26 Å². The molecule has 0 amide bonds. The maximum absolute atomic E-state index is 8.63. The lowest BCUT2D eigenvalue weighted by Gasteiger charge is -1.98. The lowest BCUT2D eigenvalue weighted by atomic mass is 10.2. The van der Waals surface area contributed by atoms with Crippen LogP contribution in [0.2, 0.25) is 0 Å². The summed E-state index contributed by atoms with van der Waals surface area (Å²) in [6, 6.07) is 9.61. The van der Waals surface area contributed by atoms with Crippen molar-refractivity contribution in [3.05, 3.63) is 41.7 Å². The minimum Gasteiger partial charge on any atom is -0.254 e. The van der Waals surface area contributed by atoms with E-state index in [1.165, 1.54) is 6.33 Å². The molecule has 1 heterocycles. The summed E-state index contributed by atoms with van der Waals surface area (Å²) in [6.07, 6.45) is 1.49. The van der Waals surface area contributed by atoms with E-state index >= 15 is 0 Å². The summed E-state index contributed by atoms with van der Waals surface area (Å²) in [5.41, 5.74) is 1.85. The summed E-state index contributed by atoms with van der Waals surface area (Å²) in [5.74, 6) is 0.820. The van der Waals surface area contributed by atoms with Gasteiger partial charge in [0.05, 0.1) is 11.6 Å². The van der Waals surface area contributed by atoms with Crippen molar-refractivity contribution in [3.8, 4) is 6.07 Å². The second kappa shape index (κ2) is 4.62. The van der Waals surface area contributed by atoms with Gasteiger partial charge in [-0.3, -0.25) is 5.10 Å². The van der Waals surface area contributed by atoms with Gasteiger partial charge in [-0.05, 0) is 17.7 Å². The first-order chi connectivity index (χ1) is 7.38. The molecule has 15 heavy (non-hydrogen) atoms. The van der Waals surface area contributed by atoms with Crippen molar-refractivity contribution in [2.45, 2.75) is 10.9 Å². The molecule has 1 aromatic carbocycles. The summed E-state index contributed by atoms with van der Waals surface area (Å²) in [5, 5.41) is 16.0. The molecule has 0 aliphatic rings. The third-order valence-corrected chi connectivity index (χ3v) is 2.80. The number of nitrogens with zero attached hydrogens (tertiary/aromatic N) is 3. The third-order valence-electron chi connectivity index (χ3n) is 1.85. The Hall–Kier alpha value is -1.80. The Morgan fingerprint density at radius 3 is 2.73 bits per heavy atom. The van der Waals surface area contributed by atoms with E-state index in [0.717, 1.165) is 16.5 Å². The Morgan fingerprint density at radius 2 is 2.13 bits per heavy atom. The summed E-state index contributed by atoms with van der Waals surface area (Å²) in [4.78, 5) is 4.01. The number of thioether (sulfide) groups is 1. The largest absolute Gasteiger partial charge is 0.254 e. The van der Waals surface area contributed by atoms with Gasteiger partial charge in [-0.25, -0.2) is 4.98 Å². The number of nitrogens with one attached hydrogen (secondary N) is 1. The number of benzene rings is 1. The van der Waals surface area contributed by atoms with Gasteiger partial charge < -0.3 is 0 Å². The van der Waals surface area contributed by atoms with Crippen LogP contribution in [0.1, 0.15) is 11.1 Å². The van der Waals surface area contributed by atoms with E-state index in [4.69, 9.17) is 5.26 Å². The van der Waals surface area contributed by atoms with E-state index in [0.29, 0.717) is 5.56 Å². The fourth-order valence-electron chi connectivity index (χ4n) is 1.09. The molecule has 0 saturated carbocycles. The summed E-state index contributed by atoms with van der Waals surface area (Å²) in [6.45, 7) is 0. The first kappa shape index (κ1) is 9.74. The molecule has 0 aliphatic carbocycles. The van der Waals surface area contributed by atoms with E-state index in [9.17, 15) is 0 Å². The van der Waals surface area contributed by atoms with E-state index in [2.05, 4.69) is 21.3 Å². The zero-order chi connectivity index (χ0) is 10.5. The van der Waals surface area contributed by atoms with Gasteiger partial charge in [0, 0.05) is 5.75 Å². The molecule has 0 spiro atoms. The lowest BCUT2D eigenvalue weighted by Crippen LogP contribution is -1.82. The Balaban J connectivity index is 1.97. The monoisotopic (exact) mass is 216 g/mol. The number of hydrogen-bond donors (Lipinski definition) is 1. The Labute approximate surface area is 91.4 Å². The second-order valence-electron chi connectivity index (χ2n) is 2.89. The van der Waals surface area contributed by atoms with E-state index < -0.39 is 0 Å². The number of rotatable bonds is 3. The molecule has 4 nitrogen and oxygen atoms in total. The second-order valence-corrected chi connectivity index (χ2v) is 3.85. The number of hydrogen-bond acceptors (Lipinski definition) is 4. The predicted octanol–water partition coefficient (Wildman–Crippen LogP) is 1.97. The zero-order valence-electron chi connectivity index (χ0n) is 7.84. The van der Waals surface area contributed by atoms with Crippen LogP contribution in [0.3, 0.4) is 0 Å². The third kappa shape index (κ3) is 2.58. The van der Waals surface area contributed by atoms with Crippen molar-refractivity contribution in [2.75, 3.05) is 0 Å². The Bertz CT molecular complexity index is 455. The number of aromatic amines is 1. The Morgan fingerprint density at radius 1 is 1.33 bits per heavy atom. The Kier molecular flexibility index (Phi) is 3.00. The highest BCUT2D eigenvalue weighted by Gasteiger charge is 1.98. The van der Waals surface area contributed by atoms with Gasteiger partial charge in [-0.1, -0.05) is 23.9 Å². The standard InChI is InChI=1S/C10H8N4S/c11-5-8-1-3-9(4-2-8)6-15-10-12-7-13-14-10/h1-4,7H,6H2,(H,12,13,14). The molecule has 2 rings (SSSR count). The van der Waals surface area contributed by atoms with E-state index in [1.54, 1.807) is 11.8 Å². The predicted molar refractivity (Wildman–Crippen MR) is 57.1 cm³/mol. The van der Waals surface area contributed by atoms with Crippen molar-refractivity contribution < 1.29 is 0 Å². The average molecular weight is 216 g/mol. The SMILES string of the molecule is N#Cc1ccc(CSc2ncn[nH]2)cc1. The van der Waals surface area contributed by atoms with Gasteiger partial charge >= 0.3 is 0 Å². The molecule has 0 atom stereocenters. The van der Waals surface area contributed by atoms with Crippen molar-refractivity contribution in [1.82, 2.24) is 15.2 Å². The van der Waals surface area contributed by atoms with Gasteiger partial charge in [-0.2, -0.15) is 10.4 Å². The molecule has 0 aliphatic heterocycles. The number of aromatic nitrogens is 3. The van der Waals surface area contributed by atoms with Crippen LogP contribution in [0.5, 0.6) is 0 Å². The quantitative estimate of drug-likeness (QED) is 0.796. The minimum absolute atomic E-state index is 0.684. The molecule has 0 saturated heterocycles. The van der Waals surface area contributed by atoms with Crippen molar-refractivity contribution in [2.24, 2.45) is 0 Å². The van der Waals surface area contributed by atoms with Gasteiger partial charge in [-0.15, -0.1) is 0 Å². The van der Waals surface area contributed by atoms with Crippen LogP contribution < -0.4 is 0 Å². The smallest absolute Gasteiger partial charge is 0.183 e. The molecule has 74 valence electrons. The van der Waals surface area contributed by atoms with E-state index in [1.807, 2.05) is 24.3 Å². The summed E-state index contributed by atoms with van der Waals surface area (Å²) < 4.78 is 0. The minimum atomic E-state index is 0.684. The van der Waals surface area contributed by atoms with Gasteiger partial charge in [0.2, 0.25) is 0 Å². The van der Waals surface area contributed by atoms with Crippen LogP contribution >= 0.6 is 11.8 Å². The van der Waals surface area contributed by atoms with Gasteiger partial charge in [0.1, 0.15) is 6.33 Å². The average Bonchev–Trinajstić information content (AvgIpc) is 2.80. The van der Waals surface area contributed by atoms with Crippen LogP contribution in [0.4, 0.5) is 0 Å². The topological polar surface area (TPSA) is 65.4 Å². The molecule has 0 bridgehead atoms. The zero-order valence-corrected chi connectivity index (χ0v) is 8.66. The number of H-pyrrole nitrogens is 1. The molecular weight excluding hydrogens is 208 g/mol. The van der Waals surface area contributed by atoms with Crippen LogP contribution in [0.15, 0.2) is 35.7 Å². The molecule has 0 fully saturated rings. The fourth-order valence-corrected chi connectivity index (χ4v) is 1.83. The molecule has 0 unspecified atom stereocenters. The van der Waals surface area contributed by atoms with Crippen molar-refractivity contribution in [3.63, 3.8) is 0 Å². The van der Waals surface area contributed by atoms with Crippen LogP contribution in [-0.4, -0.2) is 15.2 Å². The van der Waals surface area contributed by atoms with Crippen LogP contribution in [0, 0.1) is 11.3 Å². The highest BCUT2D eigenvalue weighted by Crippen LogP contribution is 2.18. The molecule has 1 N–H and O–H groups in total. The molecule has 1 aromatic heterocycles. The molecular formula is C10H8N4S. The van der Waals surface area contributed by atoms with Gasteiger partial charge in [0.15, 0.2) is 5.16 Å². The summed E-state index contributed by atoms with van der Waals surface area (Å²) >= 11 is 1.58. The normalized spacial score (nSPS) is 9.80. The highest BCUT2D eigenvalue weighted by atomic mass is 32.2. The lowest BCUT2D eigenvalue weighted by molar-refractivity contribution is 0.973. The maximum Gasteiger partial charge on any atom is 0.183 e. The molecule has 2 aromatic rings. The van der Waals surface area contributed by atoms with Crippen molar-refractivity contribution >= 4 is 11.8 Å². The summed E-state index contributed by atoms with van der Waals surface area (Å²) in [7, 11) is 0. The van der Waals surface area contributed by atoms with Crippen LogP contribution in [-0.2, 0) is 5.75 Å². The first-order valence-electron chi connectivity index (χ1n) is 4.35. The van der Waals surface area contributed by atoms with Gasteiger partial charge in [0.25, 0.3) is 0 Å². The fraction of sp³-hybridized carbons (Fsp3) is 0.100. The molecule has 5 heteroatoms. The molecule has 0 radical (unpaired) electrons. The first-order valence-corrected chi connectivity index (χ1v) is 5.34. The highest BCUT2D eigenvalue weighted by molar-refractivity contribution is 7.98. The van der Waals surface area contributed by atoms with Crippen LogP contribution in [0.25, 0.3) is 0 Å².